The maximum Gasteiger partial charge on any atom is 0.270 e. The van der Waals surface area contributed by atoms with Crippen LogP contribution in [0.1, 0.15) is 10.4 Å². The predicted molar refractivity (Wildman–Crippen MR) is 138 cm³/mol. The molecule has 1 saturated heterocycles. The van der Waals surface area contributed by atoms with Gasteiger partial charge in [0.05, 0.1) is 5.69 Å². The van der Waals surface area contributed by atoms with Crippen molar-refractivity contribution in [1.82, 2.24) is 5.32 Å². The van der Waals surface area contributed by atoms with Gasteiger partial charge < -0.3 is 4.74 Å². The van der Waals surface area contributed by atoms with Gasteiger partial charge in [-0.05, 0) is 65.5 Å². The van der Waals surface area contributed by atoms with Crippen molar-refractivity contribution in [3.8, 4) is 11.5 Å². The number of hydrogen-bond donors (Lipinski definition) is 1. The average molecular weight is 479 g/mol. The van der Waals surface area contributed by atoms with Crippen molar-refractivity contribution in [2.75, 3.05) is 4.90 Å². The van der Waals surface area contributed by atoms with Crippen molar-refractivity contribution in [3.05, 3.63) is 114 Å². The van der Waals surface area contributed by atoms with Gasteiger partial charge in [0.25, 0.3) is 11.8 Å². The molecule has 1 aliphatic heterocycles. The number of hydrogen-bond acceptors (Lipinski definition) is 5. The van der Waals surface area contributed by atoms with Crippen LogP contribution in [-0.4, -0.2) is 22.7 Å². The molecule has 170 valence electrons. The highest BCUT2D eigenvalue weighted by atomic mass is 32.1. The zero-order chi connectivity index (χ0) is 24.4. The van der Waals surface area contributed by atoms with Crippen molar-refractivity contribution < 1.29 is 19.1 Å². The molecule has 0 aromatic heterocycles. The zero-order valence-corrected chi connectivity index (χ0v) is 19.1. The Morgan fingerprint density at radius 2 is 1.46 bits per heavy atom. The Morgan fingerprint density at radius 1 is 0.800 bits per heavy atom. The third-order valence-electron chi connectivity index (χ3n) is 5.48. The van der Waals surface area contributed by atoms with E-state index in [0.717, 1.165) is 16.8 Å². The summed E-state index contributed by atoms with van der Waals surface area (Å²) < 4.78 is 5.78. The SMILES string of the molecule is O=C1NC(=S)N(c2ccc(Oc3ccccc3)cc2)C(=O)/C1=C/C(=O)c1ccc2ccccc2c1. The number of nitrogens with one attached hydrogen (secondary N) is 1. The summed E-state index contributed by atoms with van der Waals surface area (Å²) in [6, 6.07) is 28.8. The van der Waals surface area contributed by atoms with Crippen LogP contribution in [0.5, 0.6) is 11.5 Å². The molecule has 6 nitrogen and oxygen atoms in total. The number of allylic oxidation sites excluding steroid dienone is 1. The molecule has 35 heavy (non-hydrogen) atoms. The van der Waals surface area contributed by atoms with E-state index in [-0.39, 0.29) is 10.7 Å². The van der Waals surface area contributed by atoms with Gasteiger partial charge in [0, 0.05) is 11.6 Å². The topological polar surface area (TPSA) is 75.7 Å². The lowest BCUT2D eigenvalue weighted by molar-refractivity contribution is -0.122. The lowest BCUT2D eigenvalue weighted by Gasteiger charge is -2.28. The van der Waals surface area contributed by atoms with Crippen LogP contribution >= 0.6 is 12.2 Å². The van der Waals surface area contributed by atoms with Crippen LogP contribution in [0, 0.1) is 0 Å². The van der Waals surface area contributed by atoms with Gasteiger partial charge in [-0.15, -0.1) is 0 Å². The summed E-state index contributed by atoms with van der Waals surface area (Å²) in [5.74, 6) is -0.594. The van der Waals surface area contributed by atoms with Crippen LogP contribution in [0.25, 0.3) is 10.8 Å². The van der Waals surface area contributed by atoms with Gasteiger partial charge in [-0.1, -0.05) is 54.6 Å². The number of amides is 2. The molecule has 5 rings (SSSR count). The Balaban J connectivity index is 1.40. The van der Waals surface area contributed by atoms with Gasteiger partial charge in [0.15, 0.2) is 10.9 Å². The number of anilines is 1. The summed E-state index contributed by atoms with van der Waals surface area (Å²) in [5.41, 5.74) is 0.518. The first kappa shape index (κ1) is 22.2. The summed E-state index contributed by atoms with van der Waals surface area (Å²) in [7, 11) is 0. The van der Waals surface area contributed by atoms with Crippen molar-refractivity contribution >= 4 is 51.4 Å². The van der Waals surface area contributed by atoms with E-state index >= 15 is 0 Å². The van der Waals surface area contributed by atoms with Crippen molar-refractivity contribution in [3.63, 3.8) is 0 Å². The molecule has 0 atom stereocenters. The molecule has 7 heteroatoms. The van der Waals surface area contributed by atoms with Crippen LogP contribution in [0.3, 0.4) is 0 Å². The number of fused-ring (bicyclic) bond motifs is 1. The van der Waals surface area contributed by atoms with Crippen LogP contribution in [0.4, 0.5) is 5.69 Å². The highest BCUT2D eigenvalue weighted by Crippen LogP contribution is 2.27. The lowest BCUT2D eigenvalue weighted by Crippen LogP contribution is -2.54. The predicted octanol–water partition coefficient (Wildman–Crippen LogP) is 5.19. The van der Waals surface area contributed by atoms with Crippen molar-refractivity contribution in [1.29, 1.82) is 0 Å². The molecule has 0 bridgehead atoms. The van der Waals surface area contributed by atoms with E-state index < -0.39 is 17.6 Å². The number of benzene rings is 4. The number of ether oxygens (including phenoxy) is 1. The van der Waals surface area contributed by atoms with Gasteiger partial charge >= 0.3 is 0 Å². The number of carbonyl (C=O) groups excluding carboxylic acids is 3. The maximum absolute atomic E-state index is 13.2. The van der Waals surface area contributed by atoms with Crippen LogP contribution in [0.2, 0.25) is 0 Å². The van der Waals surface area contributed by atoms with Crippen LogP contribution < -0.4 is 15.0 Å². The third kappa shape index (κ3) is 4.58. The maximum atomic E-state index is 13.2. The highest BCUT2D eigenvalue weighted by molar-refractivity contribution is 7.80. The molecule has 4 aromatic carbocycles. The number of ketones is 1. The summed E-state index contributed by atoms with van der Waals surface area (Å²) in [6.45, 7) is 0. The monoisotopic (exact) mass is 478 g/mol. The first-order valence-corrected chi connectivity index (χ1v) is 11.2. The molecule has 1 fully saturated rings. The molecule has 0 unspecified atom stereocenters. The van der Waals surface area contributed by atoms with Gasteiger partial charge in [-0.3, -0.25) is 24.6 Å². The molecule has 0 saturated carbocycles. The Morgan fingerprint density at radius 3 is 2.20 bits per heavy atom. The number of para-hydroxylation sites is 1. The first-order chi connectivity index (χ1) is 17.0. The fourth-order valence-corrected chi connectivity index (χ4v) is 4.02. The molecule has 4 aromatic rings. The quantitative estimate of drug-likeness (QED) is 0.185. The van der Waals surface area contributed by atoms with E-state index in [1.807, 2.05) is 60.7 Å². The number of carbonyl (C=O) groups is 3. The first-order valence-electron chi connectivity index (χ1n) is 10.8. The highest BCUT2D eigenvalue weighted by Gasteiger charge is 2.35. The van der Waals surface area contributed by atoms with Crippen LogP contribution in [-0.2, 0) is 9.59 Å². The Hall–Kier alpha value is -4.62. The number of thiocarbonyl (C=S) groups is 1. The van der Waals surface area contributed by atoms with E-state index in [4.69, 9.17) is 17.0 Å². The largest absolute Gasteiger partial charge is 0.457 e. The smallest absolute Gasteiger partial charge is 0.270 e. The Bertz CT molecular complexity index is 1510. The minimum atomic E-state index is -0.713. The molecule has 2 amide bonds. The van der Waals surface area contributed by atoms with Gasteiger partial charge in [-0.2, -0.15) is 0 Å². The second-order valence-electron chi connectivity index (χ2n) is 7.79. The van der Waals surface area contributed by atoms with E-state index in [9.17, 15) is 14.4 Å². The molecule has 0 radical (unpaired) electrons. The fourth-order valence-electron chi connectivity index (χ4n) is 3.74. The molecular weight excluding hydrogens is 460 g/mol. The van der Waals surface area contributed by atoms with Crippen LogP contribution in [0.15, 0.2) is 109 Å². The van der Waals surface area contributed by atoms with Gasteiger partial charge in [0.1, 0.15) is 17.1 Å². The average Bonchev–Trinajstić information content (AvgIpc) is 2.87. The van der Waals surface area contributed by atoms with E-state index in [2.05, 4.69) is 5.32 Å². The normalized spacial score (nSPS) is 14.8. The molecular formula is C28H18N2O4S. The fraction of sp³-hybridized carbons (Fsp3) is 0. The van der Waals surface area contributed by atoms with E-state index in [1.54, 1.807) is 36.4 Å². The summed E-state index contributed by atoms with van der Waals surface area (Å²) >= 11 is 5.24. The van der Waals surface area contributed by atoms with E-state index in [0.29, 0.717) is 22.7 Å². The van der Waals surface area contributed by atoms with Crippen molar-refractivity contribution in [2.45, 2.75) is 0 Å². The summed E-state index contributed by atoms with van der Waals surface area (Å²) in [4.78, 5) is 39.9. The molecule has 0 aliphatic carbocycles. The minimum absolute atomic E-state index is 0.0629. The third-order valence-corrected chi connectivity index (χ3v) is 5.77. The molecule has 1 aliphatic rings. The van der Waals surface area contributed by atoms with E-state index in [1.165, 1.54) is 4.90 Å². The summed E-state index contributed by atoms with van der Waals surface area (Å²) in [6.07, 6.45) is 1.06. The standard InChI is InChI=1S/C28H18N2O4S/c31-25(20-11-10-18-6-4-5-7-19(18)16-20)17-24-26(32)29-28(35)30(27(24)33)21-12-14-23(15-13-21)34-22-8-2-1-3-9-22/h1-17H,(H,29,32,35)/b24-17+. The minimum Gasteiger partial charge on any atom is -0.457 e. The summed E-state index contributed by atoms with van der Waals surface area (Å²) in [5, 5.41) is 4.30. The zero-order valence-electron chi connectivity index (χ0n) is 18.3. The number of nitrogens with zero attached hydrogens (tertiary/aromatic N) is 1. The second-order valence-corrected chi connectivity index (χ2v) is 8.18. The Kier molecular flexibility index (Phi) is 5.91. The molecule has 1 N–H and O–H groups in total. The molecule has 0 spiro atoms. The lowest BCUT2D eigenvalue weighted by atomic mass is 10.0. The van der Waals surface area contributed by atoms with Crippen molar-refractivity contribution in [2.24, 2.45) is 0 Å². The molecule has 1 heterocycles. The number of rotatable bonds is 5. The second kappa shape index (κ2) is 9.32. The Labute approximate surface area is 206 Å². The van der Waals surface area contributed by atoms with Gasteiger partial charge in [0.2, 0.25) is 0 Å². The van der Waals surface area contributed by atoms with Gasteiger partial charge in [-0.25, -0.2) is 0 Å².